The highest BCUT2D eigenvalue weighted by Crippen LogP contribution is 2.28. The molecule has 1 saturated carbocycles. The van der Waals surface area contributed by atoms with Crippen LogP contribution in [0.25, 0.3) is 11.3 Å². The van der Waals surface area contributed by atoms with E-state index in [2.05, 4.69) is 15.3 Å². The number of halogens is 1. The Morgan fingerprint density at radius 2 is 1.96 bits per heavy atom. The molecule has 0 aromatic carbocycles. The van der Waals surface area contributed by atoms with Crippen LogP contribution in [0.1, 0.15) is 38.5 Å². The third-order valence-electron chi connectivity index (χ3n) is 4.45. The van der Waals surface area contributed by atoms with Gasteiger partial charge in [0, 0.05) is 18.3 Å². The first kappa shape index (κ1) is 16.1. The van der Waals surface area contributed by atoms with Gasteiger partial charge in [-0.25, -0.2) is 9.97 Å². The van der Waals surface area contributed by atoms with Gasteiger partial charge in [-0.2, -0.15) is 0 Å². The van der Waals surface area contributed by atoms with Gasteiger partial charge in [0.2, 0.25) is 0 Å². The summed E-state index contributed by atoms with van der Waals surface area (Å²) in [5.41, 5.74) is 7.39. The molecular formula is C18H23ClN4. The molecule has 2 aromatic heterocycles. The summed E-state index contributed by atoms with van der Waals surface area (Å²) in [6, 6.07) is 7.70. The lowest BCUT2D eigenvalue weighted by molar-refractivity contribution is 0.483. The lowest BCUT2D eigenvalue weighted by Gasteiger charge is -2.15. The first-order valence-electron chi connectivity index (χ1n) is 8.35. The maximum absolute atomic E-state index is 6.22. The highest BCUT2D eigenvalue weighted by molar-refractivity contribution is 6.33. The van der Waals surface area contributed by atoms with Gasteiger partial charge in [-0.3, -0.25) is 0 Å². The largest absolute Gasteiger partial charge is 0.384 e. The van der Waals surface area contributed by atoms with E-state index in [9.17, 15) is 0 Å². The fourth-order valence-electron chi connectivity index (χ4n) is 3.15. The van der Waals surface area contributed by atoms with Gasteiger partial charge in [0.15, 0.2) is 0 Å². The van der Waals surface area contributed by atoms with Gasteiger partial charge in [0.1, 0.15) is 11.6 Å². The minimum Gasteiger partial charge on any atom is -0.384 e. The van der Waals surface area contributed by atoms with E-state index in [1.807, 2.05) is 18.2 Å². The summed E-state index contributed by atoms with van der Waals surface area (Å²) in [6.07, 6.45) is 9.67. The first-order chi connectivity index (χ1) is 11.2. The van der Waals surface area contributed by atoms with Crippen LogP contribution in [0.5, 0.6) is 0 Å². The van der Waals surface area contributed by atoms with Gasteiger partial charge in [0.05, 0.1) is 10.7 Å². The number of rotatable bonds is 4. The number of nitrogens with zero attached hydrogens (tertiary/aromatic N) is 2. The summed E-state index contributed by atoms with van der Waals surface area (Å²) in [4.78, 5) is 8.67. The molecular weight excluding hydrogens is 308 g/mol. The van der Waals surface area contributed by atoms with Crippen LogP contribution in [-0.4, -0.2) is 16.5 Å². The third-order valence-corrected chi connectivity index (χ3v) is 4.75. The summed E-state index contributed by atoms with van der Waals surface area (Å²) in [5.74, 6) is 2.09. The zero-order valence-electron chi connectivity index (χ0n) is 13.3. The smallest absolute Gasteiger partial charge is 0.126 e. The van der Waals surface area contributed by atoms with Crippen LogP contribution in [0.4, 0.5) is 11.6 Å². The maximum atomic E-state index is 6.22. The van der Waals surface area contributed by atoms with E-state index in [1.54, 1.807) is 12.3 Å². The highest BCUT2D eigenvalue weighted by atomic mass is 35.5. The van der Waals surface area contributed by atoms with Crippen molar-refractivity contribution in [2.24, 2.45) is 5.92 Å². The Balaban J connectivity index is 1.71. The van der Waals surface area contributed by atoms with E-state index < -0.39 is 0 Å². The van der Waals surface area contributed by atoms with Gasteiger partial charge >= 0.3 is 0 Å². The Morgan fingerprint density at radius 1 is 1.17 bits per heavy atom. The molecule has 0 saturated heterocycles. The number of anilines is 2. The standard InChI is InChI=1S/C18H23ClN4/c19-15-12-21-17(20)10-14(15)16-8-5-9-18(23-16)22-11-13-6-3-1-2-4-7-13/h5,8-10,12-13H,1-4,6-7,11H2,(H2,20,21)(H,22,23). The molecule has 4 nitrogen and oxygen atoms in total. The van der Waals surface area contributed by atoms with Gasteiger partial charge in [-0.1, -0.05) is 43.4 Å². The average molecular weight is 331 g/mol. The van der Waals surface area contributed by atoms with Gasteiger partial charge < -0.3 is 11.1 Å². The van der Waals surface area contributed by atoms with E-state index >= 15 is 0 Å². The Hall–Kier alpha value is -1.81. The molecule has 0 radical (unpaired) electrons. The second kappa shape index (κ2) is 7.64. The quantitative estimate of drug-likeness (QED) is 0.793. The SMILES string of the molecule is Nc1cc(-c2cccc(NCC3CCCCCC3)n2)c(Cl)cn1. The molecule has 1 aliphatic rings. The predicted molar refractivity (Wildman–Crippen MR) is 96.6 cm³/mol. The predicted octanol–water partition coefficient (Wildman–Crippen LogP) is 4.76. The van der Waals surface area contributed by atoms with Crippen molar-refractivity contribution in [1.29, 1.82) is 0 Å². The van der Waals surface area contributed by atoms with E-state index in [0.717, 1.165) is 29.5 Å². The van der Waals surface area contributed by atoms with E-state index in [-0.39, 0.29) is 0 Å². The molecule has 1 fully saturated rings. The highest BCUT2D eigenvalue weighted by Gasteiger charge is 2.12. The number of nitrogens with one attached hydrogen (secondary N) is 1. The normalized spacial score (nSPS) is 16.0. The van der Waals surface area contributed by atoms with Crippen molar-refractivity contribution in [2.45, 2.75) is 38.5 Å². The van der Waals surface area contributed by atoms with Crippen molar-refractivity contribution in [3.63, 3.8) is 0 Å². The fraction of sp³-hybridized carbons (Fsp3) is 0.444. The Kier molecular flexibility index (Phi) is 5.34. The van der Waals surface area contributed by atoms with Crippen molar-refractivity contribution in [2.75, 3.05) is 17.6 Å². The summed E-state index contributed by atoms with van der Waals surface area (Å²) < 4.78 is 0. The monoisotopic (exact) mass is 330 g/mol. The fourth-order valence-corrected chi connectivity index (χ4v) is 3.35. The summed E-state index contributed by atoms with van der Waals surface area (Å²) >= 11 is 6.22. The number of hydrogen-bond donors (Lipinski definition) is 2. The summed E-state index contributed by atoms with van der Waals surface area (Å²) in [6.45, 7) is 0.989. The zero-order chi connectivity index (χ0) is 16.1. The Morgan fingerprint density at radius 3 is 2.74 bits per heavy atom. The van der Waals surface area contributed by atoms with Crippen molar-refractivity contribution in [3.8, 4) is 11.3 Å². The second-order valence-corrected chi connectivity index (χ2v) is 6.64. The molecule has 0 unspecified atom stereocenters. The molecule has 0 atom stereocenters. The van der Waals surface area contributed by atoms with Crippen LogP contribution < -0.4 is 11.1 Å². The van der Waals surface area contributed by atoms with Crippen LogP contribution >= 0.6 is 11.6 Å². The second-order valence-electron chi connectivity index (χ2n) is 6.24. The molecule has 0 aliphatic heterocycles. The molecule has 5 heteroatoms. The number of nitrogen functional groups attached to an aromatic ring is 1. The molecule has 3 rings (SSSR count). The summed E-state index contributed by atoms with van der Waals surface area (Å²) in [5, 5.41) is 4.05. The van der Waals surface area contributed by atoms with Crippen molar-refractivity contribution in [1.82, 2.24) is 9.97 Å². The van der Waals surface area contributed by atoms with Crippen molar-refractivity contribution >= 4 is 23.2 Å². The minimum atomic E-state index is 0.447. The third kappa shape index (κ3) is 4.35. The Labute approximate surface area is 142 Å². The maximum Gasteiger partial charge on any atom is 0.126 e. The van der Waals surface area contributed by atoms with E-state index in [4.69, 9.17) is 17.3 Å². The number of hydrogen-bond acceptors (Lipinski definition) is 4. The summed E-state index contributed by atoms with van der Waals surface area (Å²) in [7, 11) is 0. The van der Waals surface area contributed by atoms with Crippen molar-refractivity contribution in [3.05, 3.63) is 35.5 Å². The van der Waals surface area contributed by atoms with Crippen LogP contribution in [0.15, 0.2) is 30.5 Å². The molecule has 0 bridgehead atoms. The van der Waals surface area contributed by atoms with Crippen molar-refractivity contribution < 1.29 is 0 Å². The molecule has 122 valence electrons. The lowest BCUT2D eigenvalue weighted by Crippen LogP contribution is -2.14. The average Bonchev–Trinajstić information content (AvgIpc) is 2.84. The van der Waals surface area contributed by atoms with Gasteiger partial charge in [-0.05, 0) is 37.0 Å². The van der Waals surface area contributed by atoms with E-state index in [0.29, 0.717) is 10.8 Å². The number of aromatic nitrogens is 2. The molecule has 3 N–H and O–H groups in total. The zero-order valence-corrected chi connectivity index (χ0v) is 14.0. The van der Waals surface area contributed by atoms with Crippen LogP contribution in [0.2, 0.25) is 5.02 Å². The lowest BCUT2D eigenvalue weighted by atomic mass is 10.0. The minimum absolute atomic E-state index is 0.447. The molecule has 2 aromatic rings. The van der Waals surface area contributed by atoms with E-state index in [1.165, 1.54) is 38.5 Å². The van der Waals surface area contributed by atoms with Crippen LogP contribution in [-0.2, 0) is 0 Å². The molecule has 2 heterocycles. The van der Waals surface area contributed by atoms with Crippen LogP contribution in [0, 0.1) is 5.92 Å². The molecule has 0 spiro atoms. The Bertz CT molecular complexity index is 651. The molecule has 0 amide bonds. The number of pyridine rings is 2. The van der Waals surface area contributed by atoms with Gasteiger partial charge in [-0.15, -0.1) is 0 Å². The van der Waals surface area contributed by atoms with Crippen LogP contribution in [0.3, 0.4) is 0 Å². The topological polar surface area (TPSA) is 63.8 Å². The first-order valence-corrected chi connectivity index (χ1v) is 8.72. The molecule has 1 aliphatic carbocycles. The van der Waals surface area contributed by atoms with Gasteiger partial charge in [0.25, 0.3) is 0 Å². The number of nitrogens with two attached hydrogens (primary N) is 1. The molecule has 23 heavy (non-hydrogen) atoms.